The Morgan fingerprint density at radius 2 is 1.95 bits per heavy atom. The fourth-order valence-electron chi connectivity index (χ4n) is 1.65. The lowest BCUT2D eigenvalue weighted by molar-refractivity contribution is -0.140. The van der Waals surface area contributed by atoms with Crippen molar-refractivity contribution in [3.05, 3.63) is 29.8 Å². The molecular formula is C15H21N3O4. The number of rotatable bonds is 6. The van der Waals surface area contributed by atoms with Crippen LogP contribution in [-0.4, -0.2) is 50.6 Å². The lowest BCUT2D eigenvalue weighted by atomic mass is 10.1. The van der Waals surface area contributed by atoms with E-state index in [0.29, 0.717) is 5.69 Å². The number of carbonyl (C=O) groups excluding carboxylic acids is 3. The van der Waals surface area contributed by atoms with Gasteiger partial charge in [0.2, 0.25) is 5.91 Å². The first-order valence-corrected chi connectivity index (χ1v) is 6.83. The number of methoxy groups -OCH3 is 1. The highest BCUT2D eigenvalue weighted by atomic mass is 16.5. The van der Waals surface area contributed by atoms with Gasteiger partial charge in [-0.2, -0.15) is 0 Å². The predicted molar refractivity (Wildman–Crippen MR) is 82.5 cm³/mol. The van der Waals surface area contributed by atoms with Crippen molar-refractivity contribution in [2.75, 3.05) is 33.1 Å². The number of hydrogen-bond acceptors (Lipinski definition) is 4. The Balaban J connectivity index is 2.50. The number of urea groups is 1. The normalized spacial score (nSPS) is 9.77. The molecule has 0 aliphatic carbocycles. The molecule has 1 aromatic carbocycles. The Kier molecular flexibility index (Phi) is 6.88. The van der Waals surface area contributed by atoms with Crippen LogP contribution in [0.15, 0.2) is 24.3 Å². The second-order valence-electron chi connectivity index (χ2n) is 4.88. The molecule has 1 aromatic rings. The smallest absolute Gasteiger partial charge is 0.321 e. The molecule has 0 saturated carbocycles. The maximum absolute atomic E-state index is 11.8. The van der Waals surface area contributed by atoms with Gasteiger partial charge in [-0.25, -0.2) is 4.79 Å². The van der Waals surface area contributed by atoms with Crippen molar-refractivity contribution in [2.24, 2.45) is 0 Å². The summed E-state index contributed by atoms with van der Waals surface area (Å²) < 4.78 is 4.49. The van der Waals surface area contributed by atoms with E-state index in [1.807, 2.05) is 0 Å². The molecule has 0 spiro atoms. The summed E-state index contributed by atoms with van der Waals surface area (Å²) >= 11 is 0. The fraction of sp³-hybridized carbons (Fsp3) is 0.400. The minimum absolute atomic E-state index is 0.140. The summed E-state index contributed by atoms with van der Waals surface area (Å²) in [6.07, 6.45) is 0.314. The van der Waals surface area contributed by atoms with Crippen molar-refractivity contribution in [1.82, 2.24) is 10.2 Å². The predicted octanol–water partition coefficient (Wildman–Crippen LogP) is 1.00. The zero-order valence-electron chi connectivity index (χ0n) is 13.0. The van der Waals surface area contributed by atoms with E-state index in [1.165, 1.54) is 12.0 Å². The summed E-state index contributed by atoms with van der Waals surface area (Å²) in [6, 6.07) is 6.81. The second-order valence-corrected chi connectivity index (χ2v) is 4.88. The number of esters is 1. The van der Waals surface area contributed by atoms with Crippen molar-refractivity contribution in [3.8, 4) is 0 Å². The summed E-state index contributed by atoms with van der Waals surface area (Å²) in [5.74, 6) is -0.561. The molecule has 22 heavy (non-hydrogen) atoms. The van der Waals surface area contributed by atoms with E-state index in [2.05, 4.69) is 15.4 Å². The number of anilines is 1. The molecule has 0 saturated heterocycles. The minimum atomic E-state index is -0.367. The van der Waals surface area contributed by atoms with Gasteiger partial charge in [-0.1, -0.05) is 12.1 Å². The number of nitrogens with zero attached hydrogens (tertiary/aromatic N) is 1. The fourth-order valence-corrected chi connectivity index (χ4v) is 1.65. The van der Waals surface area contributed by atoms with E-state index in [-0.39, 0.29) is 37.3 Å². The van der Waals surface area contributed by atoms with Crippen molar-refractivity contribution in [3.63, 3.8) is 0 Å². The molecule has 1 rings (SSSR count). The van der Waals surface area contributed by atoms with E-state index in [0.717, 1.165) is 5.56 Å². The van der Waals surface area contributed by atoms with E-state index in [1.54, 1.807) is 38.4 Å². The standard InChI is InChI=1S/C15H21N3O4/c1-18(2)15(21)17-12-6-4-5-11(9-12)10-13(19)16-8-7-14(20)22-3/h4-6,9H,7-8,10H2,1-3H3,(H,16,19)(H,17,21). The average molecular weight is 307 g/mol. The molecule has 120 valence electrons. The van der Waals surface area contributed by atoms with Crippen LogP contribution in [0, 0.1) is 0 Å². The van der Waals surface area contributed by atoms with Gasteiger partial charge < -0.3 is 20.3 Å². The Labute approximate surface area is 129 Å². The third-order valence-corrected chi connectivity index (χ3v) is 2.83. The summed E-state index contributed by atoms with van der Waals surface area (Å²) in [4.78, 5) is 35.7. The number of benzene rings is 1. The van der Waals surface area contributed by atoms with Gasteiger partial charge in [-0.3, -0.25) is 9.59 Å². The SMILES string of the molecule is COC(=O)CCNC(=O)Cc1cccc(NC(=O)N(C)C)c1. The number of hydrogen-bond donors (Lipinski definition) is 2. The van der Waals surface area contributed by atoms with Gasteiger partial charge >= 0.3 is 12.0 Å². The van der Waals surface area contributed by atoms with Crippen LogP contribution in [0.25, 0.3) is 0 Å². The van der Waals surface area contributed by atoms with Crippen LogP contribution in [0.1, 0.15) is 12.0 Å². The molecule has 0 bridgehead atoms. The maximum atomic E-state index is 11.8. The molecule has 0 fully saturated rings. The van der Waals surface area contributed by atoms with Gasteiger partial charge in [0.15, 0.2) is 0 Å². The lowest BCUT2D eigenvalue weighted by Crippen LogP contribution is -2.28. The van der Waals surface area contributed by atoms with Crippen LogP contribution >= 0.6 is 0 Å². The number of amides is 3. The quantitative estimate of drug-likeness (QED) is 0.768. The molecule has 0 aromatic heterocycles. The first-order chi connectivity index (χ1) is 10.4. The topological polar surface area (TPSA) is 87.7 Å². The first-order valence-electron chi connectivity index (χ1n) is 6.83. The molecule has 2 N–H and O–H groups in total. The first kappa shape index (κ1) is 17.5. The molecule has 0 radical (unpaired) electrons. The highest BCUT2D eigenvalue weighted by molar-refractivity contribution is 5.89. The third kappa shape index (κ3) is 6.25. The van der Waals surface area contributed by atoms with E-state index >= 15 is 0 Å². The number of ether oxygens (including phenoxy) is 1. The zero-order valence-corrected chi connectivity index (χ0v) is 13.0. The van der Waals surface area contributed by atoms with Crippen LogP contribution in [0.4, 0.5) is 10.5 Å². The minimum Gasteiger partial charge on any atom is -0.469 e. The lowest BCUT2D eigenvalue weighted by Gasteiger charge is -2.12. The van der Waals surface area contributed by atoms with Crippen LogP contribution in [0.2, 0.25) is 0 Å². The summed E-state index contributed by atoms with van der Waals surface area (Å²) in [5, 5.41) is 5.35. The molecule has 7 nitrogen and oxygen atoms in total. The van der Waals surface area contributed by atoms with Gasteiger partial charge in [0, 0.05) is 26.3 Å². The number of nitrogens with one attached hydrogen (secondary N) is 2. The van der Waals surface area contributed by atoms with Crippen molar-refractivity contribution in [2.45, 2.75) is 12.8 Å². The van der Waals surface area contributed by atoms with Gasteiger partial charge in [0.1, 0.15) is 0 Å². The number of carbonyl (C=O) groups is 3. The molecule has 7 heteroatoms. The van der Waals surface area contributed by atoms with Crippen LogP contribution in [0.3, 0.4) is 0 Å². The van der Waals surface area contributed by atoms with Crippen molar-refractivity contribution >= 4 is 23.6 Å². The molecule has 0 aliphatic rings. The highest BCUT2D eigenvalue weighted by Crippen LogP contribution is 2.11. The molecule has 0 atom stereocenters. The van der Waals surface area contributed by atoms with Crippen molar-refractivity contribution < 1.29 is 19.1 Å². The Bertz CT molecular complexity index is 543. The van der Waals surface area contributed by atoms with Gasteiger partial charge in [0.25, 0.3) is 0 Å². The average Bonchev–Trinajstić information content (AvgIpc) is 2.47. The van der Waals surface area contributed by atoms with E-state index in [9.17, 15) is 14.4 Å². The Hall–Kier alpha value is -2.57. The van der Waals surface area contributed by atoms with Gasteiger partial charge in [-0.15, -0.1) is 0 Å². The molecule has 3 amide bonds. The van der Waals surface area contributed by atoms with Crippen LogP contribution < -0.4 is 10.6 Å². The molecular weight excluding hydrogens is 286 g/mol. The Morgan fingerprint density at radius 3 is 2.59 bits per heavy atom. The summed E-state index contributed by atoms with van der Waals surface area (Å²) in [6.45, 7) is 0.239. The van der Waals surface area contributed by atoms with Gasteiger partial charge in [-0.05, 0) is 17.7 Å². The van der Waals surface area contributed by atoms with E-state index in [4.69, 9.17) is 0 Å². The summed E-state index contributed by atoms with van der Waals surface area (Å²) in [7, 11) is 4.60. The second kappa shape index (κ2) is 8.66. The molecule has 0 aliphatic heterocycles. The monoisotopic (exact) mass is 307 g/mol. The maximum Gasteiger partial charge on any atom is 0.321 e. The van der Waals surface area contributed by atoms with Gasteiger partial charge in [0.05, 0.1) is 20.0 Å². The highest BCUT2D eigenvalue weighted by Gasteiger charge is 2.07. The Morgan fingerprint density at radius 1 is 1.23 bits per heavy atom. The zero-order chi connectivity index (χ0) is 16.5. The largest absolute Gasteiger partial charge is 0.469 e. The molecule has 0 unspecified atom stereocenters. The van der Waals surface area contributed by atoms with Crippen LogP contribution in [-0.2, 0) is 20.7 Å². The summed E-state index contributed by atoms with van der Waals surface area (Å²) in [5.41, 5.74) is 1.39. The van der Waals surface area contributed by atoms with E-state index < -0.39 is 0 Å². The van der Waals surface area contributed by atoms with Crippen LogP contribution in [0.5, 0.6) is 0 Å². The molecule has 0 heterocycles. The van der Waals surface area contributed by atoms with Crippen molar-refractivity contribution in [1.29, 1.82) is 0 Å². The third-order valence-electron chi connectivity index (χ3n) is 2.83.